The van der Waals surface area contributed by atoms with Gasteiger partial charge in [-0.3, -0.25) is 9.69 Å². The lowest BCUT2D eigenvalue weighted by molar-refractivity contribution is -0.139. The fourth-order valence-electron chi connectivity index (χ4n) is 3.48. The van der Waals surface area contributed by atoms with Crippen molar-refractivity contribution in [3.05, 3.63) is 77.0 Å². The third-order valence-electron chi connectivity index (χ3n) is 4.96. The summed E-state index contributed by atoms with van der Waals surface area (Å²) in [6.45, 7) is 4.55. The molecule has 0 saturated carbocycles. The molecule has 6 heteroatoms. The zero-order valence-corrected chi connectivity index (χ0v) is 17.0. The molecule has 3 rings (SSSR count). The molecule has 1 unspecified atom stereocenters. The number of benzene rings is 2. The molecule has 0 radical (unpaired) electrons. The topological polar surface area (TPSA) is 67.9 Å². The smallest absolute Gasteiger partial charge is 0.337 e. The lowest BCUT2D eigenvalue weighted by atomic mass is 9.93. The maximum atomic E-state index is 12.9. The van der Waals surface area contributed by atoms with Crippen LogP contribution in [0.4, 0.5) is 0 Å². The second kappa shape index (κ2) is 9.39. The maximum Gasteiger partial charge on any atom is 0.337 e. The van der Waals surface area contributed by atoms with E-state index in [0.717, 1.165) is 17.0 Å². The Morgan fingerprint density at radius 1 is 1.10 bits per heavy atom. The van der Waals surface area contributed by atoms with Crippen LogP contribution in [0, 0.1) is 0 Å². The predicted molar refractivity (Wildman–Crippen MR) is 111 cm³/mol. The lowest BCUT2D eigenvalue weighted by Gasteiger charge is -2.38. The fraction of sp³-hybridized carbons (Fsp3) is 0.304. The minimum absolute atomic E-state index is 0.00586. The van der Waals surface area contributed by atoms with E-state index in [2.05, 4.69) is 5.32 Å². The Labute approximate surface area is 171 Å². The van der Waals surface area contributed by atoms with Crippen molar-refractivity contribution >= 4 is 11.8 Å². The van der Waals surface area contributed by atoms with Gasteiger partial charge in [-0.15, -0.1) is 0 Å². The third kappa shape index (κ3) is 4.66. The molecular formula is C23H26N2O4. The standard InChI is InChI=1S/C23H26N2O4/c1-4-29-23(27)21-16(2)24-15-25(14-20(26)17-8-6-5-7-9-17)22(21)18-10-12-19(28-3)13-11-18/h5-13,22,24H,4,14-15H2,1-3H3. The van der Waals surface area contributed by atoms with Gasteiger partial charge in [0.2, 0.25) is 0 Å². The molecule has 1 atom stereocenters. The van der Waals surface area contributed by atoms with Crippen LogP contribution >= 0.6 is 0 Å². The third-order valence-corrected chi connectivity index (χ3v) is 4.96. The van der Waals surface area contributed by atoms with Gasteiger partial charge in [-0.25, -0.2) is 4.79 Å². The van der Waals surface area contributed by atoms with Crippen molar-refractivity contribution in [3.8, 4) is 5.75 Å². The van der Waals surface area contributed by atoms with Gasteiger partial charge in [0.15, 0.2) is 5.78 Å². The van der Waals surface area contributed by atoms with Crippen molar-refractivity contribution in [1.29, 1.82) is 0 Å². The van der Waals surface area contributed by atoms with Gasteiger partial charge in [-0.05, 0) is 31.5 Å². The molecule has 1 heterocycles. The van der Waals surface area contributed by atoms with Crippen LogP contribution in [0.2, 0.25) is 0 Å². The number of rotatable bonds is 7. The number of ketones is 1. The first-order valence-corrected chi connectivity index (χ1v) is 9.63. The van der Waals surface area contributed by atoms with Crippen molar-refractivity contribution in [1.82, 2.24) is 10.2 Å². The number of carbonyl (C=O) groups excluding carboxylic acids is 2. The number of ether oxygens (including phenoxy) is 2. The molecule has 2 aromatic carbocycles. The Hall–Kier alpha value is -3.12. The summed E-state index contributed by atoms with van der Waals surface area (Å²) in [4.78, 5) is 27.6. The summed E-state index contributed by atoms with van der Waals surface area (Å²) in [6.07, 6.45) is 0. The van der Waals surface area contributed by atoms with Crippen molar-refractivity contribution in [2.75, 3.05) is 26.9 Å². The van der Waals surface area contributed by atoms with Gasteiger partial charge < -0.3 is 14.8 Å². The number of allylic oxidation sites excluding steroid dienone is 1. The molecule has 0 spiro atoms. The fourth-order valence-corrected chi connectivity index (χ4v) is 3.48. The number of nitrogens with one attached hydrogen (secondary N) is 1. The van der Waals surface area contributed by atoms with Crippen LogP contribution in [0.5, 0.6) is 5.75 Å². The molecular weight excluding hydrogens is 368 g/mol. The van der Waals surface area contributed by atoms with Gasteiger partial charge in [0, 0.05) is 11.3 Å². The zero-order chi connectivity index (χ0) is 20.8. The molecule has 1 N–H and O–H groups in total. The number of methoxy groups -OCH3 is 1. The van der Waals surface area contributed by atoms with Crippen molar-refractivity contribution in [2.45, 2.75) is 19.9 Å². The van der Waals surface area contributed by atoms with Crippen molar-refractivity contribution in [3.63, 3.8) is 0 Å². The first kappa shape index (κ1) is 20.6. The predicted octanol–water partition coefficient (Wildman–Crippen LogP) is 3.32. The zero-order valence-electron chi connectivity index (χ0n) is 17.0. The first-order valence-electron chi connectivity index (χ1n) is 9.63. The average Bonchev–Trinajstić information content (AvgIpc) is 2.75. The molecule has 0 saturated heterocycles. The summed E-state index contributed by atoms with van der Waals surface area (Å²) < 4.78 is 10.6. The number of carbonyl (C=O) groups is 2. The number of Topliss-reactive ketones (excluding diaryl/α,β-unsaturated/α-hetero) is 1. The second-order valence-corrected chi connectivity index (χ2v) is 6.81. The van der Waals surface area contributed by atoms with E-state index in [1.54, 1.807) is 26.2 Å². The molecule has 0 aromatic heterocycles. The van der Waals surface area contributed by atoms with Gasteiger partial charge >= 0.3 is 5.97 Å². The highest BCUT2D eigenvalue weighted by molar-refractivity contribution is 5.98. The molecule has 2 aromatic rings. The van der Waals surface area contributed by atoms with Gasteiger partial charge in [0.1, 0.15) is 5.75 Å². The van der Waals surface area contributed by atoms with Crippen LogP contribution < -0.4 is 10.1 Å². The van der Waals surface area contributed by atoms with Gasteiger partial charge in [0.05, 0.1) is 38.5 Å². The van der Waals surface area contributed by atoms with Gasteiger partial charge in [-0.1, -0.05) is 42.5 Å². The average molecular weight is 394 g/mol. The number of esters is 1. The van der Waals surface area contributed by atoms with Crippen LogP contribution in [0.1, 0.15) is 35.8 Å². The Morgan fingerprint density at radius 2 is 1.79 bits per heavy atom. The number of nitrogens with zero attached hydrogens (tertiary/aromatic N) is 1. The normalized spacial score (nSPS) is 16.9. The molecule has 152 valence electrons. The number of hydrogen-bond donors (Lipinski definition) is 1. The van der Waals surface area contributed by atoms with Crippen LogP contribution in [0.25, 0.3) is 0 Å². The molecule has 29 heavy (non-hydrogen) atoms. The van der Waals surface area contributed by atoms with Crippen LogP contribution in [0.15, 0.2) is 65.9 Å². The summed E-state index contributed by atoms with van der Waals surface area (Å²) in [5.41, 5.74) is 2.82. The molecule has 6 nitrogen and oxygen atoms in total. The van der Waals surface area contributed by atoms with E-state index in [9.17, 15) is 9.59 Å². The Morgan fingerprint density at radius 3 is 2.41 bits per heavy atom. The molecule has 0 bridgehead atoms. The monoisotopic (exact) mass is 394 g/mol. The molecule has 1 aliphatic rings. The van der Waals surface area contributed by atoms with E-state index in [0.29, 0.717) is 17.8 Å². The summed E-state index contributed by atoms with van der Waals surface area (Å²) in [5, 5.41) is 3.23. The summed E-state index contributed by atoms with van der Waals surface area (Å²) in [6, 6.07) is 16.3. The minimum atomic E-state index is -0.395. The maximum absolute atomic E-state index is 12.9. The number of hydrogen-bond acceptors (Lipinski definition) is 6. The van der Waals surface area contributed by atoms with E-state index >= 15 is 0 Å². The highest BCUT2D eigenvalue weighted by Gasteiger charge is 2.35. The Bertz CT molecular complexity index is 891. The van der Waals surface area contributed by atoms with E-state index < -0.39 is 6.04 Å². The first-order chi connectivity index (χ1) is 14.0. The molecule has 0 fully saturated rings. The van der Waals surface area contributed by atoms with Gasteiger partial charge in [0.25, 0.3) is 0 Å². The second-order valence-electron chi connectivity index (χ2n) is 6.81. The molecule has 1 aliphatic heterocycles. The molecule has 0 aliphatic carbocycles. The highest BCUT2D eigenvalue weighted by Crippen LogP contribution is 2.34. The highest BCUT2D eigenvalue weighted by atomic mass is 16.5. The largest absolute Gasteiger partial charge is 0.497 e. The van der Waals surface area contributed by atoms with Gasteiger partial charge in [-0.2, -0.15) is 0 Å². The lowest BCUT2D eigenvalue weighted by Crippen LogP contribution is -2.46. The Balaban J connectivity index is 1.97. The molecule has 0 amide bonds. The quantitative estimate of drug-likeness (QED) is 0.574. The van der Waals surface area contributed by atoms with Crippen molar-refractivity contribution in [2.24, 2.45) is 0 Å². The SMILES string of the molecule is CCOC(=O)C1=C(C)NCN(CC(=O)c2ccccc2)C1c1ccc(OC)cc1. The minimum Gasteiger partial charge on any atom is -0.497 e. The van der Waals surface area contributed by atoms with Crippen LogP contribution in [-0.4, -0.2) is 43.6 Å². The van der Waals surface area contributed by atoms with Crippen LogP contribution in [0.3, 0.4) is 0 Å². The van der Waals surface area contributed by atoms with E-state index in [4.69, 9.17) is 9.47 Å². The summed E-state index contributed by atoms with van der Waals surface area (Å²) in [7, 11) is 1.61. The summed E-state index contributed by atoms with van der Waals surface area (Å²) >= 11 is 0. The van der Waals surface area contributed by atoms with Crippen molar-refractivity contribution < 1.29 is 19.1 Å². The van der Waals surface area contributed by atoms with E-state index in [1.807, 2.05) is 54.3 Å². The Kier molecular flexibility index (Phi) is 6.67. The van der Waals surface area contributed by atoms with E-state index in [-0.39, 0.29) is 24.9 Å². The van der Waals surface area contributed by atoms with E-state index in [1.165, 1.54) is 0 Å². The summed E-state index contributed by atoms with van der Waals surface area (Å²) in [5.74, 6) is 0.344. The van der Waals surface area contributed by atoms with Crippen LogP contribution in [-0.2, 0) is 9.53 Å².